The van der Waals surface area contributed by atoms with E-state index in [0.717, 1.165) is 33.5 Å². The van der Waals surface area contributed by atoms with Crippen molar-refractivity contribution < 1.29 is 14.3 Å². The van der Waals surface area contributed by atoms with Gasteiger partial charge in [0.25, 0.3) is 0 Å². The maximum absolute atomic E-state index is 12.9. The Kier molecular flexibility index (Phi) is 6.21. The number of hydrogen-bond donors (Lipinski definition) is 1. The summed E-state index contributed by atoms with van der Waals surface area (Å²) in [6.45, 7) is 1.13. The molecular formula is C28H25N3O3. The van der Waals surface area contributed by atoms with E-state index in [1.54, 1.807) is 11.1 Å². The van der Waals surface area contributed by atoms with Crippen LogP contribution in [0.15, 0.2) is 91.1 Å². The van der Waals surface area contributed by atoms with Gasteiger partial charge in [-0.2, -0.15) is 0 Å². The summed E-state index contributed by atoms with van der Waals surface area (Å²) in [6.07, 6.45) is 1.95. The van der Waals surface area contributed by atoms with Crippen molar-refractivity contribution in [2.45, 2.75) is 19.6 Å². The number of carbonyl (C=O) groups excluding carboxylic acids is 2. The summed E-state index contributed by atoms with van der Waals surface area (Å²) >= 11 is 0. The zero-order valence-electron chi connectivity index (χ0n) is 18.7. The molecule has 6 nitrogen and oxygen atoms in total. The fourth-order valence-corrected chi connectivity index (χ4v) is 4.28. The van der Waals surface area contributed by atoms with Crippen molar-refractivity contribution in [1.29, 1.82) is 0 Å². The largest absolute Gasteiger partial charge is 0.487 e. The second kappa shape index (κ2) is 9.75. The molecule has 6 heteroatoms. The smallest absolute Gasteiger partial charge is 0.227 e. The predicted molar refractivity (Wildman–Crippen MR) is 131 cm³/mol. The first kappa shape index (κ1) is 21.6. The van der Waals surface area contributed by atoms with Crippen molar-refractivity contribution in [2.24, 2.45) is 5.92 Å². The Bertz CT molecular complexity index is 1320. The van der Waals surface area contributed by atoms with Crippen LogP contribution in [0.1, 0.15) is 17.7 Å². The number of ether oxygens (including phenoxy) is 1. The molecule has 0 aliphatic carbocycles. The van der Waals surface area contributed by atoms with E-state index in [1.165, 1.54) is 0 Å². The van der Waals surface area contributed by atoms with Gasteiger partial charge in [-0.05, 0) is 41.3 Å². The van der Waals surface area contributed by atoms with Crippen LogP contribution in [0, 0.1) is 5.92 Å². The first-order valence-corrected chi connectivity index (χ1v) is 11.3. The third-order valence-corrected chi connectivity index (χ3v) is 6.03. The first-order valence-electron chi connectivity index (χ1n) is 11.3. The third kappa shape index (κ3) is 4.76. The standard InChI is InChI=1S/C28H25N3O3/c32-27-16-22(18-31(27)26-13-6-9-21-8-1-2-12-25(21)26)28(33)30-17-20-7-5-11-24(15-20)34-19-23-10-3-4-14-29-23/h1-15,22H,16-19H2,(H,30,33). The molecule has 1 aromatic heterocycles. The lowest BCUT2D eigenvalue weighted by Crippen LogP contribution is -2.32. The Morgan fingerprint density at radius 2 is 1.82 bits per heavy atom. The Morgan fingerprint density at radius 3 is 2.71 bits per heavy atom. The number of aromatic nitrogens is 1. The second-order valence-electron chi connectivity index (χ2n) is 8.38. The number of nitrogens with one attached hydrogen (secondary N) is 1. The molecule has 1 aliphatic rings. The van der Waals surface area contributed by atoms with E-state index in [9.17, 15) is 9.59 Å². The van der Waals surface area contributed by atoms with Crippen molar-refractivity contribution in [1.82, 2.24) is 10.3 Å². The van der Waals surface area contributed by atoms with Crippen molar-refractivity contribution in [3.8, 4) is 5.75 Å². The minimum Gasteiger partial charge on any atom is -0.487 e. The molecular weight excluding hydrogens is 426 g/mol. The number of anilines is 1. The number of fused-ring (bicyclic) bond motifs is 1. The SMILES string of the molecule is O=C(NCc1cccc(OCc2ccccn2)c1)C1CC(=O)N(c2cccc3ccccc23)C1. The molecule has 0 saturated carbocycles. The molecule has 2 amide bonds. The molecule has 0 bridgehead atoms. The summed E-state index contributed by atoms with van der Waals surface area (Å²) < 4.78 is 5.83. The minimum absolute atomic E-state index is 0.0265. The molecule has 3 aromatic carbocycles. The number of nitrogens with zero attached hydrogens (tertiary/aromatic N) is 2. The average Bonchev–Trinajstić information content (AvgIpc) is 3.28. The molecule has 1 unspecified atom stereocenters. The van der Waals surface area contributed by atoms with Crippen LogP contribution in [0.4, 0.5) is 5.69 Å². The Balaban J connectivity index is 1.20. The molecule has 1 atom stereocenters. The zero-order chi connectivity index (χ0) is 23.3. The van der Waals surface area contributed by atoms with Crippen LogP contribution >= 0.6 is 0 Å². The first-order chi connectivity index (χ1) is 16.7. The lowest BCUT2D eigenvalue weighted by atomic mass is 10.1. The van der Waals surface area contributed by atoms with E-state index in [1.807, 2.05) is 84.9 Å². The van der Waals surface area contributed by atoms with Gasteiger partial charge < -0.3 is 15.0 Å². The quantitative estimate of drug-likeness (QED) is 0.450. The maximum atomic E-state index is 12.9. The molecule has 1 saturated heterocycles. The molecule has 5 rings (SSSR count). The predicted octanol–water partition coefficient (Wildman–Crippen LogP) is 4.48. The van der Waals surface area contributed by atoms with E-state index < -0.39 is 0 Å². The van der Waals surface area contributed by atoms with Crippen LogP contribution in [-0.2, 0) is 22.7 Å². The summed E-state index contributed by atoms with van der Waals surface area (Å²) in [6, 6.07) is 27.2. The van der Waals surface area contributed by atoms with E-state index >= 15 is 0 Å². The van der Waals surface area contributed by atoms with Crippen molar-refractivity contribution in [3.05, 3.63) is 102 Å². The minimum atomic E-state index is -0.380. The van der Waals surface area contributed by atoms with E-state index in [0.29, 0.717) is 19.7 Å². The number of hydrogen-bond acceptors (Lipinski definition) is 4. The lowest BCUT2D eigenvalue weighted by molar-refractivity contribution is -0.126. The molecule has 0 spiro atoms. The van der Waals surface area contributed by atoms with Gasteiger partial charge >= 0.3 is 0 Å². The van der Waals surface area contributed by atoms with Gasteiger partial charge in [0, 0.05) is 31.1 Å². The highest BCUT2D eigenvalue weighted by Crippen LogP contribution is 2.31. The molecule has 1 aliphatic heterocycles. The summed E-state index contributed by atoms with van der Waals surface area (Å²) in [5, 5.41) is 5.08. The lowest BCUT2D eigenvalue weighted by Gasteiger charge is -2.19. The normalized spacial score (nSPS) is 15.5. The fourth-order valence-electron chi connectivity index (χ4n) is 4.28. The van der Waals surface area contributed by atoms with Crippen molar-refractivity contribution in [3.63, 3.8) is 0 Å². The zero-order valence-corrected chi connectivity index (χ0v) is 18.7. The number of amides is 2. The highest BCUT2D eigenvalue weighted by molar-refractivity contribution is 6.06. The van der Waals surface area contributed by atoms with Gasteiger partial charge in [0.2, 0.25) is 11.8 Å². The Hall–Kier alpha value is -4.19. The van der Waals surface area contributed by atoms with E-state index in [2.05, 4.69) is 10.3 Å². The van der Waals surface area contributed by atoms with Gasteiger partial charge in [-0.1, -0.05) is 54.6 Å². The Morgan fingerprint density at radius 1 is 1.00 bits per heavy atom. The summed E-state index contributed by atoms with van der Waals surface area (Å²) in [5.74, 6) is 0.197. The topological polar surface area (TPSA) is 71.5 Å². The average molecular weight is 452 g/mol. The van der Waals surface area contributed by atoms with Crippen LogP contribution in [0.5, 0.6) is 5.75 Å². The van der Waals surface area contributed by atoms with Crippen molar-refractivity contribution >= 4 is 28.3 Å². The summed E-state index contributed by atoms with van der Waals surface area (Å²) in [4.78, 5) is 31.6. The van der Waals surface area contributed by atoms with Crippen LogP contribution in [0.2, 0.25) is 0 Å². The van der Waals surface area contributed by atoms with E-state index in [4.69, 9.17) is 4.74 Å². The highest BCUT2D eigenvalue weighted by atomic mass is 16.5. The monoisotopic (exact) mass is 451 g/mol. The van der Waals surface area contributed by atoms with Crippen LogP contribution in [-0.4, -0.2) is 23.3 Å². The van der Waals surface area contributed by atoms with Crippen LogP contribution < -0.4 is 15.0 Å². The number of pyridine rings is 1. The molecule has 4 aromatic rings. The highest BCUT2D eigenvalue weighted by Gasteiger charge is 2.35. The summed E-state index contributed by atoms with van der Waals surface area (Å²) in [7, 11) is 0. The molecule has 1 N–H and O–H groups in total. The molecule has 2 heterocycles. The van der Waals surface area contributed by atoms with Gasteiger partial charge in [0.05, 0.1) is 17.3 Å². The number of rotatable bonds is 7. The van der Waals surface area contributed by atoms with Crippen LogP contribution in [0.25, 0.3) is 10.8 Å². The summed E-state index contributed by atoms with van der Waals surface area (Å²) in [5.41, 5.74) is 2.64. The van der Waals surface area contributed by atoms with Crippen molar-refractivity contribution in [2.75, 3.05) is 11.4 Å². The number of benzene rings is 3. The van der Waals surface area contributed by atoms with Gasteiger partial charge in [0.15, 0.2) is 0 Å². The van der Waals surface area contributed by atoms with Gasteiger partial charge in [-0.3, -0.25) is 14.6 Å². The number of carbonyl (C=O) groups is 2. The molecule has 170 valence electrons. The van der Waals surface area contributed by atoms with Gasteiger partial charge in [0.1, 0.15) is 12.4 Å². The van der Waals surface area contributed by atoms with Crippen LogP contribution in [0.3, 0.4) is 0 Å². The molecule has 1 fully saturated rings. The second-order valence-corrected chi connectivity index (χ2v) is 8.38. The van der Waals surface area contributed by atoms with E-state index in [-0.39, 0.29) is 24.2 Å². The van der Waals surface area contributed by atoms with Gasteiger partial charge in [-0.25, -0.2) is 0 Å². The maximum Gasteiger partial charge on any atom is 0.227 e. The van der Waals surface area contributed by atoms with Gasteiger partial charge in [-0.15, -0.1) is 0 Å². The molecule has 0 radical (unpaired) electrons. The molecule has 34 heavy (non-hydrogen) atoms. The fraction of sp³-hybridized carbons (Fsp3) is 0.179. The third-order valence-electron chi connectivity index (χ3n) is 6.03. The Labute approximate surface area is 198 Å².